The zero-order valence-corrected chi connectivity index (χ0v) is 10.7. The average molecular weight is 221 g/mol. The van der Waals surface area contributed by atoms with Crippen molar-refractivity contribution in [2.45, 2.75) is 31.8 Å². The molecule has 90 valence electrons. The van der Waals surface area contributed by atoms with Gasteiger partial charge in [-0.05, 0) is 39.9 Å². The second-order valence-corrected chi connectivity index (χ2v) is 4.96. The number of rotatable bonds is 5. The highest BCUT2D eigenvalue weighted by Gasteiger charge is 2.30. The average Bonchev–Trinajstić information content (AvgIpc) is 2.26. The summed E-state index contributed by atoms with van der Waals surface area (Å²) in [6.45, 7) is 4.39. The number of nitrogens with one attached hydrogen (secondary N) is 1. The Balaban J connectivity index is 2.77. The van der Waals surface area contributed by atoms with Crippen molar-refractivity contribution in [2.24, 2.45) is 5.84 Å². The van der Waals surface area contributed by atoms with E-state index in [1.54, 1.807) is 0 Å². The Kier molecular flexibility index (Phi) is 4.47. The molecule has 0 amide bonds. The highest BCUT2D eigenvalue weighted by Crippen LogP contribution is 2.18. The topological polar surface area (TPSA) is 41.3 Å². The van der Waals surface area contributed by atoms with Gasteiger partial charge in [-0.1, -0.05) is 30.3 Å². The van der Waals surface area contributed by atoms with Crippen LogP contribution in [0.5, 0.6) is 0 Å². The molecular weight excluding hydrogens is 198 g/mol. The summed E-state index contributed by atoms with van der Waals surface area (Å²) in [6.07, 6.45) is 0.933. The zero-order valence-electron chi connectivity index (χ0n) is 10.7. The first-order valence-electron chi connectivity index (χ1n) is 5.66. The number of hydrogen-bond acceptors (Lipinski definition) is 3. The van der Waals surface area contributed by atoms with Crippen molar-refractivity contribution in [1.82, 2.24) is 10.3 Å². The predicted octanol–water partition coefficient (Wildman–Crippen LogP) is 1.40. The summed E-state index contributed by atoms with van der Waals surface area (Å²) in [5.74, 6) is 5.67. The second kappa shape index (κ2) is 5.43. The van der Waals surface area contributed by atoms with Gasteiger partial charge in [-0.15, -0.1) is 0 Å². The van der Waals surface area contributed by atoms with Crippen LogP contribution < -0.4 is 11.3 Å². The molecule has 0 radical (unpaired) electrons. The standard InChI is InChI=1S/C13H23N3/c1-13(2,16(3)4)12(15-14)10-11-8-6-5-7-9-11/h5-9,12,15H,10,14H2,1-4H3. The van der Waals surface area contributed by atoms with Crippen LogP contribution in [0.1, 0.15) is 19.4 Å². The quantitative estimate of drug-likeness (QED) is 0.583. The molecule has 3 heteroatoms. The van der Waals surface area contributed by atoms with Crippen molar-refractivity contribution in [3.63, 3.8) is 0 Å². The maximum atomic E-state index is 5.67. The summed E-state index contributed by atoms with van der Waals surface area (Å²) in [6, 6.07) is 10.7. The molecular formula is C13H23N3. The van der Waals surface area contributed by atoms with Gasteiger partial charge in [-0.25, -0.2) is 0 Å². The molecule has 0 spiro atoms. The van der Waals surface area contributed by atoms with Crippen LogP contribution in [-0.4, -0.2) is 30.6 Å². The van der Waals surface area contributed by atoms with Gasteiger partial charge in [0, 0.05) is 11.6 Å². The van der Waals surface area contributed by atoms with Crippen molar-refractivity contribution in [3.05, 3.63) is 35.9 Å². The molecule has 0 bridgehead atoms. The first-order valence-corrected chi connectivity index (χ1v) is 5.66. The lowest BCUT2D eigenvalue weighted by atomic mass is 9.88. The van der Waals surface area contributed by atoms with Crippen molar-refractivity contribution in [3.8, 4) is 0 Å². The Labute approximate surface area is 98.6 Å². The number of hydrazine groups is 1. The zero-order chi connectivity index (χ0) is 12.2. The Morgan fingerprint density at radius 2 is 1.81 bits per heavy atom. The number of nitrogens with zero attached hydrogens (tertiary/aromatic N) is 1. The molecule has 3 N–H and O–H groups in total. The van der Waals surface area contributed by atoms with E-state index >= 15 is 0 Å². The normalized spacial score (nSPS) is 14.1. The third kappa shape index (κ3) is 3.04. The summed E-state index contributed by atoms with van der Waals surface area (Å²) in [5, 5.41) is 0. The summed E-state index contributed by atoms with van der Waals surface area (Å²) in [4.78, 5) is 2.19. The van der Waals surface area contributed by atoms with E-state index in [9.17, 15) is 0 Å². The summed E-state index contributed by atoms with van der Waals surface area (Å²) >= 11 is 0. The molecule has 0 aliphatic carbocycles. The van der Waals surface area contributed by atoms with Gasteiger partial charge in [0.1, 0.15) is 0 Å². The maximum Gasteiger partial charge on any atom is 0.0429 e. The highest BCUT2D eigenvalue weighted by atomic mass is 15.3. The third-order valence-electron chi connectivity index (χ3n) is 3.49. The van der Waals surface area contributed by atoms with E-state index in [2.05, 4.69) is 62.5 Å². The van der Waals surface area contributed by atoms with Crippen LogP contribution >= 0.6 is 0 Å². The number of nitrogens with two attached hydrogens (primary N) is 1. The number of benzene rings is 1. The molecule has 0 fully saturated rings. The Hall–Kier alpha value is -0.900. The van der Waals surface area contributed by atoms with Gasteiger partial charge in [-0.3, -0.25) is 11.3 Å². The number of likely N-dealkylation sites (N-methyl/N-ethyl adjacent to an activating group) is 1. The van der Waals surface area contributed by atoms with E-state index in [0.29, 0.717) is 0 Å². The van der Waals surface area contributed by atoms with Crippen molar-refractivity contribution in [1.29, 1.82) is 0 Å². The minimum atomic E-state index is 0.0184. The van der Waals surface area contributed by atoms with Crippen molar-refractivity contribution < 1.29 is 0 Å². The fraction of sp³-hybridized carbons (Fsp3) is 0.538. The summed E-state index contributed by atoms with van der Waals surface area (Å²) in [5.41, 5.74) is 4.25. The largest absolute Gasteiger partial charge is 0.303 e. The van der Waals surface area contributed by atoms with Crippen LogP contribution in [0.4, 0.5) is 0 Å². The summed E-state index contributed by atoms with van der Waals surface area (Å²) in [7, 11) is 4.16. The molecule has 16 heavy (non-hydrogen) atoms. The van der Waals surface area contributed by atoms with Gasteiger partial charge in [0.25, 0.3) is 0 Å². The number of hydrogen-bond donors (Lipinski definition) is 2. The lowest BCUT2D eigenvalue weighted by molar-refractivity contribution is 0.137. The van der Waals surface area contributed by atoms with Gasteiger partial charge in [-0.2, -0.15) is 0 Å². The lowest BCUT2D eigenvalue weighted by Gasteiger charge is -2.40. The first kappa shape index (κ1) is 13.2. The van der Waals surface area contributed by atoms with Gasteiger partial charge < -0.3 is 4.90 Å². The molecule has 0 aliphatic heterocycles. The molecule has 1 rings (SSSR count). The van der Waals surface area contributed by atoms with Crippen LogP contribution in [0.3, 0.4) is 0 Å². The fourth-order valence-corrected chi connectivity index (χ4v) is 1.67. The van der Waals surface area contributed by atoms with E-state index in [4.69, 9.17) is 5.84 Å². The van der Waals surface area contributed by atoms with E-state index in [1.165, 1.54) is 5.56 Å². The van der Waals surface area contributed by atoms with Gasteiger partial charge >= 0.3 is 0 Å². The predicted molar refractivity (Wildman–Crippen MR) is 69.0 cm³/mol. The van der Waals surface area contributed by atoms with E-state index in [-0.39, 0.29) is 11.6 Å². The molecule has 1 unspecified atom stereocenters. The molecule has 1 atom stereocenters. The van der Waals surface area contributed by atoms with Crippen LogP contribution in [-0.2, 0) is 6.42 Å². The first-order chi connectivity index (χ1) is 7.48. The smallest absolute Gasteiger partial charge is 0.0429 e. The summed E-state index contributed by atoms with van der Waals surface area (Å²) < 4.78 is 0. The van der Waals surface area contributed by atoms with E-state index in [0.717, 1.165) is 6.42 Å². The Morgan fingerprint density at radius 3 is 2.25 bits per heavy atom. The Bertz CT molecular complexity index is 306. The molecule has 0 saturated carbocycles. The van der Waals surface area contributed by atoms with Gasteiger partial charge in [0.05, 0.1) is 0 Å². The molecule has 0 aliphatic rings. The highest BCUT2D eigenvalue weighted by molar-refractivity contribution is 5.17. The van der Waals surface area contributed by atoms with Crippen LogP contribution in [0.15, 0.2) is 30.3 Å². The minimum absolute atomic E-state index is 0.0184. The van der Waals surface area contributed by atoms with E-state index < -0.39 is 0 Å². The van der Waals surface area contributed by atoms with Gasteiger partial charge in [0.2, 0.25) is 0 Å². The van der Waals surface area contributed by atoms with E-state index in [1.807, 2.05) is 6.07 Å². The van der Waals surface area contributed by atoms with Gasteiger partial charge in [0.15, 0.2) is 0 Å². The minimum Gasteiger partial charge on any atom is -0.303 e. The molecule has 1 aromatic carbocycles. The molecule has 0 aromatic heterocycles. The third-order valence-corrected chi connectivity index (χ3v) is 3.49. The monoisotopic (exact) mass is 221 g/mol. The van der Waals surface area contributed by atoms with Crippen LogP contribution in [0, 0.1) is 0 Å². The maximum absolute atomic E-state index is 5.67. The Morgan fingerprint density at radius 1 is 1.25 bits per heavy atom. The molecule has 3 nitrogen and oxygen atoms in total. The van der Waals surface area contributed by atoms with Crippen molar-refractivity contribution in [2.75, 3.05) is 14.1 Å². The van der Waals surface area contributed by atoms with Crippen LogP contribution in [0.2, 0.25) is 0 Å². The SMILES string of the molecule is CN(C)C(C)(C)C(Cc1ccccc1)NN. The van der Waals surface area contributed by atoms with Crippen molar-refractivity contribution >= 4 is 0 Å². The molecule has 0 heterocycles. The lowest BCUT2D eigenvalue weighted by Crippen LogP contribution is -2.58. The molecule has 0 saturated heterocycles. The van der Waals surface area contributed by atoms with Crippen LogP contribution in [0.25, 0.3) is 0 Å². The molecule has 1 aromatic rings. The fourth-order valence-electron chi connectivity index (χ4n) is 1.67. The second-order valence-electron chi connectivity index (χ2n) is 4.96.